The zero-order valence-electron chi connectivity index (χ0n) is 6.34. The predicted molar refractivity (Wildman–Crippen MR) is 49.1 cm³/mol. The maximum Gasteiger partial charge on any atom is 0.307 e. The van der Waals surface area contributed by atoms with Crippen molar-refractivity contribution in [3.63, 3.8) is 0 Å². The molecule has 64 valence electrons. The Morgan fingerprint density at radius 3 is 2.73 bits per heavy atom. The van der Waals surface area contributed by atoms with Gasteiger partial charge in [0.05, 0.1) is 5.92 Å². The summed E-state index contributed by atoms with van der Waals surface area (Å²) in [4.78, 5) is 10.3. The van der Waals surface area contributed by atoms with Crippen molar-refractivity contribution in [2.24, 2.45) is 5.92 Å². The lowest BCUT2D eigenvalue weighted by molar-refractivity contribution is -0.140. The molecule has 0 bridgehead atoms. The van der Waals surface area contributed by atoms with Crippen LogP contribution >= 0.6 is 23.4 Å². The molecule has 0 aromatic heterocycles. The standard InChI is InChI=1S/C7H11ClO2S/c1-5(7(9)10)3-11-4-6(2)8/h5H,2-4H2,1H3,(H,9,10). The summed E-state index contributed by atoms with van der Waals surface area (Å²) in [5.74, 6) is 0.133. The molecule has 0 radical (unpaired) electrons. The van der Waals surface area contributed by atoms with Crippen LogP contribution in [-0.2, 0) is 4.79 Å². The van der Waals surface area contributed by atoms with Crippen LogP contribution in [0.2, 0.25) is 0 Å². The lowest BCUT2D eigenvalue weighted by Gasteiger charge is -2.03. The quantitative estimate of drug-likeness (QED) is 0.729. The number of hydrogen-bond donors (Lipinski definition) is 1. The molecule has 11 heavy (non-hydrogen) atoms. The van der Waals surface area contributed by atoms with Gasteiger partial charge in [0.25, 0.3) is 0 Å². The largest absolute Gasteiger partial charge is 0.481 e. The highest BCUT2D eigenvalue weighted by atomic mass is 35.5. The summed E-state index contributed by atoms with van der Waals surface area (Å²) in [6.07, 6.45) is 0. The molecule has 1 atom stereocenters. The van der Waals surface area contributed by atoms with E-state index in [1.54, 1.807) is 6.92 Å². The van der Waals surface area contributed by atoms with Crippen molar-refractivity contribution in [2.45, 2.75) is 6.92 Å². The number of aliphatic carboxylic acids is 1. The fraction of sp³-hybridized carbons (Fsp3) is 0.571. The van der Waals surface area contributed by atoms with Gasteiger partial charge < -0.3 is 5.11 Å². The second-order valence-corrected chi connectivity index (χ2v) is 3.84. The van der Waals surface area contributed by atoms with Gasteiger partial charge in [-0.2, -0.15) is 11.8 Å². The summed E-state index contributed by atoms with van der Waals surface area (Å²) >= 11 is 6.96. The molecule has 0 aliphatic rings. The number of carboxylic acid groups (broad SMARTS) is 1. The first kappa shape index (κ1) is 10.8. The molecule has 2 nitrogen and oxygen atoms in total. The molecule has 0 saturated heterocycles. The van der Waals surface area contributed by atoms with Crippen LogP contribution in [0.1, 0.15) is 6.92 Å². The minimum absolute atomic E-state index is 0.309. The number of hydrogen-bond acceptors (Lipinski definition) is 2. The first-order valence-corrected chi connectivity index (χ1v) is 4.71. The molecule has 4 heteroatoms. The molecule has 0 heterocycles. The number of thioether (sulfide) groups is 1. The fourth-order valence-electron chi connectivity index (χ4n) is 0.418. The third-order valence-corrected chi connectivity index (χ3v) is 2.63. The first-order chi connectivity index (χ1) is 5.04. The average Bonchev–Trinajstić information content (AvgIpc) is 1.86. The normalized spacial score (nSPS) is 12.5. The van der Waals surface area contributed by atoms with E-state index in [2.05, 4.69) is 6.58 Å². The van der Waals surface area contributed by atoms with Crippen molar-refractivity contribution in [2.75, 3.05) is 11.5 Å². The van der Waals surface area contributed by atoms with E-state index >= 15 is 0 Å². The second-order valence-electron chi connectivity index (χ2n) is 2.27. The van der Waals surface area contributed by atoms with Gasteiger partial charge in [-0.3, -0.25) is 4.79 Å². The molecule has 0 aromatic carbocycles. The Labute approximate surface area is 75.6 Å². The van der Waals surface area contributed by atoms with Gasteiger partial charge in [-0.25, -0.2) is 0 Å². The van der Waals surface area contributed by atoms with Gasteiger partial charge in [-0.1, -0.05) is 25.1 Å². The van der Waals surface area contributed by atoms with Crippen molar-refractivity contribution >= 4 is 29.3 Å². The Bertz CT molecular complexity index is 159. The number of rotatable bonds is 5. The smallest absolute Gasteiger partial charge is 0.307 e. The topological polar surface area (TPSA) is 37.3 Å². The minimum atomic E-state index is -0.766. The highest BCUT2D eigenvalue weighted by molar-refractivity contribution is 7.99. The van der Waals surface area contributed by atoms with Crippen LogP contribution in [-0.4, -0.2) is 22.6 Å². The summed E-state index contributed by atoms with van der Waals surface area (Å²) in [6.45, 7) is 5.17. The Morgan fingerprint density at radius 2 is 2.36 bits per heavy atom. The second kappa shape index (κ2) is 5.49. The molecule has 1 unspecified atom stereocenters. The maximum atomic E-state index is 10.3. The van der Waals surface area contributed by atoms with Crippen molar-refractivity contribution in [1.29, 1.82) is 0 Å². The van der Waals surface area contributed by atoms with E-state index in [1.165, 1.54) is 11.8 Å². The van der Waals surface area contributed by atoms with Gasteiger partial charge in [0.1, 0.15) is 0 Å². The van der Waals surface area contributed by atoms with E-state index in [-0.39, 0.29) is 5.92 Å². The predicted octanol–water partition coefficient (Wildman–Crippen LogP) is 2.19. The van der Waals surface area contributed by atoms with E-state index in [0.29, 0.717) is 16.5 Å². The SMILES string of the molecule is C=C(Cl)CSCC(C)C(=O)O. The monoisotopic (exact) mass is 194 g/mol. The van der Waals surface area contributed by atoms with E-state index in [4.69, 9.17) is 16.7 Å². The lowest BCUT2D eigenvalue weighted by Crippen LogP contribution is -2.11. The maximum absolute atomic E-state index is 10.3. The van der Waals surface area contributed by atoms with Crippen LogP contribution in [0.15, 0.2) is 11.6 Å². The molecule has 0 spiro atoms. The Morgan fingerprint density at radius 1 is 1.82 bits per heavy atom. The van der Waals surface area contributed by atoms with E-state index in [1.807, 2.05) is 0 Å². The molecule has 0 saturated carbocycles. The van der Waals surface area contributed by atoms with Gasteiger partial charge in [0.2, 0.25) is 0 Å². The average molecular weight is 195 g/mol. The zero-order valence-corrected chi connectivity index (χ0v) is 7.91. The molecule has 0 aliphatic carbocycles. The van der Waals surface area contributed by atoms with Crippen LogP contribution in [0.25, 0.3) is 0 Å². The third kappa shape index (κ3) is 6.26. The van der Waals surface area contributed by atoms with Gasteiger partial charge in [0.15, 0.2) is 0 Å². The van der Waals surface area contributed by atoms with Crippen LogP contribution in [0, 0.1) is 5.92 Å². The molecule has 0 amide bonds. The summed E-state index contributed by atoms with van der Waals surface area (Å²) in [6, 6.07) is 0. The zero-order chi connectivity index (χ0) is 8.85. The molecule has 0 aromatic rings. The molecule has 0 aliphatic heterocycles. The van der Waals surface area contributed by atoms with Crippen LogP contribution in [0.5, 0.6) is 0 Å². The highest BCUT2D eigenvalue weighted by Gasteiger charge is 2.09. The van der Waals surface area contributed by atoms with Gasteiger partial charge in [0, 0.05) is 16.5 Å². The minimum Gasteiger partial charge on any atom is -0.481 e. The Kier molecular flexibility index (Phi) is 5.42. The molecule has 0 fully saturated rings. The summed E-state index contributed by atoms with van der Waals surface area (Å²) in [5, 5.41) is 9.04. The van der Waals surface area contributed by atoms with Crippen molar-refractivity contribution in [1.82, 2.24) is 0 Å². The number of carboxylic acids is 1. The highest BCUT2D eigenvalue weighted by Crippen LogP contribution is 2.13. The summed E-state index contributed by atoms with van der Waals surface area (Å²) < 4.78 is 0. The van der Waals surface area contributed by atoms with Crippen molar-refractivity contribution < 1.29 is 9.90 Å². The van der Waals surface area contributed by atoms with Crippen LogP contribution in [0.3, 0.4) is 0 Å². The van der Waals surface area contributed by atoms with Crippen LogP contribution in [0.4, 0.5) is 0 Å². The van der Waals surface area contributed by atoms with Crippen molar-refractivity contribution in [3.05, 3.63) is 11.6 Å². The first-order valence-electron chi connectivity index (χ1n) is 3.18. The van der Waals surface area contributed by atoms with E-state index in [0.717, 1.165) is 0 Å². The Hall–Kier alpha value is -0.150. The lowest BCUT2D eigenvalue weighted by atomic mass is 10.2. The fourth-order valence-corrected chi connectivity index (χ4v) is 1.48. The summed E-state index contributed by atoms with van der Waals surface area (Å²) in [5.41, 5.74) is 0. The molecule has 1 N–H and O–H groups in total. The third-order valence-electron chi connectivity index (χ3n) is 1.05. The van der Waals surface area contributed by atoms with Crippen molar-refractivity contribution in [3.8, 4) is 0 Å². The van der Waals surface area contributed by atoms with Gasteiger partial charge >= 0.3 is 5.97 Å². The van der Waals surface area contributed by atoms with Gasteiger partial charge in [-0.05, 0) is 0 Å². The molecular weight excluding hydrogens is 184 g/mol. The molecule has 0 rings (SSSR count). The molecular formula is C7H11ClO2S. The van der Waals surface area contributed by atoms with Crippen LogP contribution < -0.4 is 0 Å². The van der Waals surface area contributed by atoms with Gasteiger partial charge in [-0.15, -0.1) is 0 Å². The number of carbonyl (C=O) groups is 1. The summed E-state index contributed by atoms with van der Waals surface area (Å²) in [7, 11) is 0. The Balaban J connectivity index is 3.39. The number of halogens is 1. The van der Waals surface area contributed by atoms with E-state index in [9.17, 15) is 4.79 Å². The van der Waals surface area contributed by atoms with E-state index < -0.39 is 5.97 Å².